The van der Waals surface area contributed by atoms with Crippen molar-refractivity contribution in [1.82, 2.24) is 9.55 Å². The van der Waals surface area contributed by atoms with Crippen LogP contribution in [0.1, 0.15) is 11.1 Å². The Hall–Kier alpha value is -3.99. The standard InChI is InChI=1S/C25H18F3N3O4S/c26-25(27,28)16-4-3-5-17(11-16)29-22(32)13-36-24-30-19-7-2-1-6-18(19)23(33)31(24)12-15-8-9-20-21(10-15)35-14-34-20/h1-11H,12-14H2,(H,29,32). The largest absolute Gasteiger partial charge is 0.454 e. The Labute approximate surface area is 206 Å². The molecule has 1 N–H and O–H groups in total. The maximum atomic E-state index is 13.3. The van der Waals surface area contributed by atoms with Crippen LogP contribution in [0, 0.1) is 0 Å². The zero-order valence-corrected chi connectivity index (χ0v) is 19.4. The number of anilines is 1. The number of fused-ring (bicyclic) bond motifs is 2. The summed E-state index contributed by atoms with van der Waals surface area (Å²) in [5, 5.41) is 3.20. The van der Waals surface area contributed by atoms with Crippen LogP contribution in [0.3, 0.4) is 0 Å². The van der Waals surface area contributed by atoms with Crippen LogP contribution in [0.2, 0.25) is 0 Å². The monoisotopic (exact) mass is 513 g/mol. The van der Waals surface area contributed by atoms with Gasteiger partial charge in [-0.2, -0.15) is 13.2 Å². The SMILES string of the molecule is O=C(CSc1nc2ccccc2c(=O)n1Cc1ccc2c(c1)OCO2)Nc1cccc(C(F)(F)F)c1. The van der Waals surface area contributed by atoms with Crippen molar-refractivity contribution in [1.29, 1.82) is 0 Å². The lowest BCUT2D eigenvalue weighted by Gasteiger charge is -2.14. The molecule has 0 saturated carbocycles. The van der Waals surface area contributed by atoms with E-state index in [-0.39, 0.29) is 30.3 Å². The van der Waals surface area contributed by atoms with E-state index in [1.54, 1.807) is 36.4 Å². The van der Waals surface area contributed by atoms with Crippen molar-refractivity contribution < 1.29 is 27.4 Å². The van der Waals surface area contributed by atoms with Gasteiger partial charge in [-0.25, -0.2) is 4.98 Å². The third-order valence-electron chi connectivity index (χ3n) is 5.41. The van der Waals surface area contributed by atoms with E-state index in [9.17, 15) is 22.8 Å². The minimum absolute atomic E-state index is 0.0274. The van der Waals surface area contributed by atoms with E-state index in [1.807, 2.05) is 6.07 Å². The molecule has 0 spiro atoms. The van der Waals surface area contributed by atoms with Crippen molar-refractivity contribution in [2.45, 2.75) is 17.9 Å². The van der Waals surface area contributed by atoms with Crippen LogP contribution in [0.15, 0.2) is 76.7 Å². The number of nitrogens with zero attached hydrogens (tertiary/aromatic N) is 2. The molecule has 1 aliphatic rings. The van der Waals surface area contributed by atoms with E-state index in [0.717, 1.165) is 29.5 Å². The quantitative estimate of drug-likeness (QED) is 0.291. The van der Waals surface area contributed by atoms with Crippen LogP contribution in [0.4, 0.5) is 18.9 Å². The smallest absolute Gasteiger partial charge is 0.416 e. The number of nitrogens with one attached hydrogen (secondary N) is 1. The fourth-order valence-electron chi connectivity index (χ4n) is 3.72. The second kappa shape index (κ2) is 9.57. The number of amides is 1. The average molecular weight is 513 g/mol. The van der Waals surface area contributed by atoms with Crippen LogP contribution in [0.25, 0.3) is 10.9 Å². The summed E-state index contributed by atoms with van der Waals surface area (Å²) in [6.45, 7) is 0.295. The molecular weight excluding hydrogens is 495 g/mol. The van der Waals surface area contributed by atoms with Crippen molar-refractivity contribution in [3.63, 3.8) is 0 Å². The van der Waals surface area contributed by atoms with Crippen molar-refractivity contribution >= 4 is 34.3 Å². The lowest BCUT2D eigenvalue weighted by molar-refractivity contribution is -0.137. The number of thioether (sulfide) groups is 1. The van der Waals surface area contributed by atoms with Gasteiger partial charge in [0.05, 0.1) is 28.8 Å². The molecule has 5 rings (SSSR count). The van der Waals surface area contributed by atoms with Crippen molar-refractivity contribution in [3.05, 3.63) is 88.2 Å². The Balaban J connectivity index is 1.39. The topological polar surface area (TPSA) is 82.5 Å². The van der Waals surface area contributed by atoms with Crippen LogP contribution >= 0.6 is 11.8 Å². The molecular formula is C25H18F3N3O4S. The number of hydrogen-bond donors (Lipinski definition) is 1. The summed E-state index contributed by atoms with van der Waals surface area (Å²) in [5.74, 6) is 0.492. The number of carbonyl (C=O) groups is 1. The van der Waals surface area contributed by atoms with Crippen LogP contribution in [0.5, 0.6) is 11.5 Å². The van der Waals surface area contributed by atoms with Crippen LogP contribution in [-0.2, 0) is 17.5 Å². The first-order valence-electron chi connectivity index (χ1n) is 10.8. The molecule has 36 heavy (non-hydrogen) atoms. The van der Waals surface area contributed by atoms with Gasteiger partial charge in [-0.15, -0.1) is 0 Å². The van der Waals surface area contributed by atoms with E-state index in [4.69, 9.17) is 9.47 Å². The summed E-state index contributed by atoms with van der Waals surface area (Å²) >= 11 is 1.02. The zero-order valence-electron chi connectivity index (χ0n) is 18.5. The molecule has 1 aromatic heterocycles. The molecule has 7 nitrogen and oxygen atoms in total. The minimum Gasteiger partial charge on any atom is -0.454 e. The zero-order chi connectivity index (χ0) is 25.3. The van der Waals surface area contributed by atoms with Gasteiger partial charge in [-0.3, -0.25) is 14.2 Å². The van der Waals surface area contributed by atoms with Crippen LogP contribution in [-0.4, -0.2) is 28.0 Å². The van der Waals surface area contributed by atoms with Gasteiger partial charge in [0, 0.05) is 5.69 Å². The third-order valence-corrected chi connectivity index (χ3v) is 6.39. The summed E-state index contributed by atoms with van der Waals surface area (Å²) in [6.07, 6.45) is -4.52. The summed E-state index contributed by atoms with van der Waals surface area (Å²) in [7, 11) is 0. The van der Waals surface area contributed by atoms with Gasteiger partial charge in [0.15, 0.2) is 16.7 Å². The molecule has 0 saturated heterocycles. The minimum atomic E-state index is -4.52. The number of para-hydroxylation sites is 1. The number of alkyl halides is 3. The third kappa shape index (κ3) is 5.01. The Morgan fingerprint density at radius 3 is 2.67 bits per heavy atom. The first kappa shape index (κ1) is 23.7. The molecule has 0 bridgehead atoms. The summed E-state index contributed by atoms with van der Waals surface area (Å²) < 4.78 is 51.1. The molecule has 184 valence electrons. The summed E-state index contributed by atoms with van der Waals surface area (Å²) in [6, 6.07) is 16.6. The van der Waals surface area contributed by atoms with Crippen molar-refractivity contribution in [2.24, 2.45) is 0 Å². The Bertz CT molecular complexity index is 1520. The van der Waals surface area contributed by atoms with Gasteiger partial charge in [0.1, 0.15) is 0 Å². The van der Waals surface area contributed by atoms with Crippen molar-refractivity contribution in [2.75, 3.05) is 17.9 Å². The lowest BCUT2D eigenvalue weighted by atomic mass is 10.2. The molecule has 1 aliphatic heterocycles. The normalized spacial score (nSPS) is 12.6. The lowest BCUT2D eigenvalue weighted by Crippen LogP contribution is -2.25. The van der Waals surface area contributed by atoms with Gasteiger partial charge in [-0.1, -0.05) is 36.0 Å². The van der Waals surface area contributed by atoms with Gasteiger partial charge in [0.25, 0.3) is 5.56 Å². The van der Waals surface area contributed by atoms with E-state index < -0.39 is 17.6 Å². The van der Waals surface area contributed by atoms with Crippen molar-refractivity contribution in [3.8, 4) is 11.5 Å². The molecule has 0 atom stereocenters. The first-order valence-corrected chi connectivity index (χ1v) is 11.7. The molecule has 3 aromatic carbocycles. The molecule has 11 heteroatoms. The van der Waals surface area contributed by atoms with Gasteiger partial charge in [0.2, 0.25) is 12.7 Å². The number of carbonyl (C=O) groups excluding carboxylic acids is 1. The Morgan fingerprint density at radius 1 is 1.03 bits per heavy atom. The highest BCUT2D eigenvalue weighted by Gasteiger charge is 2.30. The fourth-order valence-corrected chi connectivity index (χ4v) is 4.52. The molecule has 0 aliphatic carbocycles. The average Bonchev–Trinajstić information content (AvgIpc) is 3.32. The van der Waals surface area contributed by atoms with Gasteiger partial charge in [-0.05, 0) is 48.0 Å². The van der Waals surface area contributed by atoms with E-state index in [2.05, 4.69) is 10.3 Å². The predicted molar refractivity (Wildman–Crippen MR) is 128 cm³/mol. The molecule has 4 aromatic rings. The Kier molecular flexibility index (Phi) is 6.31. The molecule has 2 heterocycles. The molecule has 0 radical (unpaired) electrons. The fraction of sp³-hybridized carbons (Fsp3) is 0.160. The van der Waals surface area contributed by atoms with Crippen LogP contribution < -0.4 is 20.3 Å². The highest BCUT2D eigenvalue weighted by molar-refractivity contribution is 7.99. The Morgan fingerprint density at radius 2 is 1.83 bits per heavy atom. The number of halogens is 3. The van der Waals surface area contributed by atoms with Gasteiger partial charge >= 0.3 is 6.18 Å². The number of hydrogen-bond acceptors (Lipinski definition) is 6. The van der Waals surface area contributed by atoms with E-state index in [1.165, 1.54) is 16.7 Å². The number of ether oxygens (including phenoxy) is 2. The highest BCUT2D eigenvalue weighted by Crippen LogP contribution is 2.33. The number of aromatic nitrogens is 2. The molecule has 1 amide bonds. The van der Waals surface area contributed by atoms with E-state index in [0.29, 0.717) is 27.6 Å². The maximum Gasteiger partial charge on any atom is 0.416 e. The second-order valence-electron chi connectivity index (χ2n) is 7.91. The first-order chi connectivity index (χ1) is 17.3. The number of benzene rings is 3. The summed E-state index contributed by atoms with van der Waals surface area (Å²) in [4.78, 5) is 30.4. The number of rotatable bonds is 6. The second-order valence-corrected chi connectivity index (χ2v) is 8.85. The molecule has 0 fully saturated rings. The summed E-state index contributed by atoms with van der Waals surface area (Å²) in [5.41, 5.74) is 0.138. The van der Waals surface area contributed by atoms with E-state index >= 15 is 0 Å². The predicted octanol–water partition coefficient (Wildman–Crippen LogP) is 4.92. The maximum absolute atomic E-state index is 13.3. The highest BCUT2D eigenvalue weighted by atomic mass is 32.2. The molecule has 0 unspecified atom stereocenters. The van der Waals surface area contributed by atoms with Gasteiger partial charge < -0.3 is 14.8 Å².